The lowest BCUT2D eigenvalue weighted by molar-refractivity contribution is -0.137. The molecule has 3 N–H and O–H groups in total. The van der Waals surface area contributed by atoms with Crippen molar-refractivity contribution in [2.75, 3.05) is 19.7 Å². The zero-order chi connectivity index (χ0) is 37.3. The molecule has 2 aliphatic carbocycles. The highest BCUT2D eigenvalue weighted by molar-refractivity contribution is 7.80. The van der Waals surface area contributed by atoms with Crippen molar-refractivity contribution in [3.8, 4) is 0 Å². The van der Waals surface area contributed by atoms with E-state index in [0.29, 0.717) is 25.9 Å². The molecule has 2 amide bonds. The predicted molar refractivity (Wildman–Crippen MR) is 217 cm³/mol. The maximum atomic E-state index is 12.5. The Labute approximate surface area is 324 Å². The molecule has 0 aromatic rings. The molecule has 2 rings (SSSR count). The Kier molecular flexibility index (Phi) is 29.3. The Morgan fingerprint density at radius 1 is 0.577 bits per heavy atom. The molecule has 0 radical (unpaired) electrons. The number of carbonyl (C=O) groups is 3. The van der Waals surface area contributed by atoms with Crippen molar-refractivity contribution in [2.45, 2.75) is 223 Å². The number of hydrogen-bond donors (Lipinski definition) is 4. The highest BCUT2D eigenvalue weighted by atomic mass is 32.1. The van der Waals surface area contributed by atoms with E-state index in [2.05, 4.69) is 23.3 Å². The molecule has 2 unspecified atom stereocenters. The third kappa shape index (κ3) is 27.9. The van der Waals surface area contributed by atoms with Crippen LogP contribution in [0.25, 0.3) is 0 Å². The van der Waals surface area contributed by atoms with Gasteiger partial charge in [-0.3, -0.25) is 4.79 Å². The monoisotopic (exact) mass is 753 g/mol. The maximum absolute atomic E-state index is 12.5. The molecule has 304 valence electrons. The smallest absolute Gasteiger partial charge is 0.407 e. The fourth-order valence-electron chi connectivity index (χ4n) is 8.20. The third-order valence-corrected chi connectivity index (χ3v) is 11.9. The number of thiol groups is 1. The highest BCUT2D eigenvalue weighted by Crippen LogP contribution is 2.29. The van der Waals surface area contributed by atoms with E-state index in [1.807, 2.05) is 0 Å². The SMILES string of the molecule is O=C(O)CCC(S)CC(COC(=O)NCCCCCCCCCCCC1CCCCC1)OC(=O)NCCCCCCCCCCCC1CCCCC1. The first-order valence-electron chi connectivity index (χ1n) is 22.2. The second kappa shape index (κ2) is 32.8. The summed E-state index contributed by atoms with van der Waals surface area (Å²) in [4.78, 5) is 35.9. The van der Waals surface area contributed by atoms with Crippen LogP contribution >= 0.6 is 12.6 Å². The van der Waals surface area contributed by atoms with Crippen LogP contribution in [-0.2, 0) is 14.3 Å². The lowest BCUT2D eigenvalue weighted by atomic mass is 9.85. The van der Waals surface area contributed by atoms with Gasteiger partial charge in [0.15, 0.2) is 0 Å². The van der Waals surface area contributed by atoms with Gasteiger partial charge in [0.25, 0.3) is 0 Å². The summed E-state index contributed by atoms with van der Waals surface area (Å²) in [7, 11) is 0. The third-order valence-electron chi connectivity index (χ3n) is 11.5. The molecule has 2 saturated carbocycles. The van der Waals surface area contributed by atoms with Gasteiger partial charge in [-0.15, -0.1) is 0 Å². The number of aliphatic carboxylic acids is 1. The predicted octanol–water partition coefficient (Wildman–Crippen LogP) is 12.3. The number of alkyl carbamates (subject to hydrolysis) is 2. The van der Waals surface area contributed by atoms with Gasteiger partial charge in [0.2, 0.25) is 0 Å². The van der Waals surface area contributed by atoms with Crippen molar-refractivity contribution in [1.82, 2.24) is 10.6 Å². The number of ether oxygens (including phenoxy) is 2. The lowest BCUT2D eigenvalue weighted by Crippen LogP contribution is -2.35. The molecule has 9 heteroatoms. The first-order valence-corrected chi connectivity index (χ1v) is 22.7. The molecule has 0 aliphatic heterocycles. The van der Waals surface area contributed by atoms with E-state index >= 15 is 0 Å². The van der Waals surface area contributed by atoms with Crippen LogP contribution in [0.1, 0.15) is 212 Å². The summed E-state index contributed by atoms with van der Waals surface area (Å²) in [5.74, 6) is 1.12. The van der Waals surface area contributed by atoms with Gasteiger partial charge in [-0.25, -0.2) is 9.59 Å². The lowest BCUT2D eigenvalue weighted by Gasteiger charge is -2.21. The maximum Gasteiger partial charge on any atom is 0.407 e. The van der Waals surface area contributed by atoms with Crippen molar-refractivity contribution in [3.63, 3.8) is 0 Å². The number of unbranched alkanes of at least 4 members (excludes halogenated alkanes) is 16. The minimum absolute atomic E-state index is 0.0186. The molecule has 2 atom stereocenters. The molecule has 0 aromatic heterocycles. The number of carboxylic acid groups (broad SMARTS) is 1. The van der Waals surface area contributed by atoms with Crippen LogP contribution in [0.3, 0.4) is 0 Å². The van der Waals surface area contributed by atoms with Gasteiger partial charge in [0.1, 0.15) is 12.7 Å². The van der Waals surface area contributed by atoms with Crippen LogP contribution in [0.15, 0.2) is 0 Å². The van der Waals surface area contributed by atoms with Gasteiger partial charge in [-0.05, 0) is 37.5 Å². The molecule has 0 bridgehead atoms. The topological polar surface area (TPSA) is 114 Å². The molecule has 0 spiro atoms. The Bertz CT molecular complexity index is 880. The average Bonchev–Trinajstić information content (AvgIpc) is 3.14. The Balaban J connectivity index is 1.46. The largest absolute Gasteiger partial charge is 0.481 e. The van der Waals surface area contributed by atoms with Crippen molar-refractivity contribution in [2.24, 2.45) is 11.8 Å². The number of nitrogens with one attached hydrogen (secondary N) is 2. The summed E-state index contributed by atoms with van der Waals surface area (Å²) in [6.45, 7) is 1.00. The summed E-state index contributed by atoms with van der Waals surface area (Å²) in [5.41, 5.74) is 0. The van der Waals surface area contributed by atoms with Gasteiger partial charge in [0, 0.05) is 24.8 Å². The molecule has 52 heavy (non-hydrogen) atoms. The van der Waals surface area contributed by atoms with E-state index in [0.717, 1.165) is 37.5 Å². The summed E-state index contributed by atoms with van der Waals surface area (Å²) in [6, 6.07) is 0. The zero-order valence-corrected chi connectivity index (χ0v) is 34.1. The summed E-state index contributed by atoms with van der Waals surface area (Å²) in [5, 5.41) is 14.4. The molecule has 2 aliphatic rings. The number of amides is 2. The van der Waals surface area contributed by atoms with E-state index in [4.69, 9.17) is 14.6 Å². The molecule has 0 aromatic carbocycles. The summed E-state index contributed by atoms with van der Waals surface area (Å²) in [6.07, 6.45) is 38.7. The average molecular weight is 753 g/mol. The number of rotatable bonds is 32. The van der Waals surface area contributed by atoms with E-state index in [-0.39, 0.29) is 18.3 Å². The van der Waals surface area contributed by atoms with Crippen LogP contribution in [-0.4, -0.2) is 54.3 Å². The standard InChI is InChI=1S/C43H80N2O6S/c46-41(47)32-31-40(52)35-39(51-43(49)45-34-24-14-10-6-2-4-8-12-18-26-38-29-21-16-22-30-38)36-50-42(48)44-33-23-13-9-5-1-3-7-11-17-25-37-27-19-15-20-28-37/h37-40,52H,1-36H2,(H,44,48)(H,45,49)(H,46,47). The van der Waals surface area contributed by atoms with Crippen molar-refractivity contribution < 1.29 is 29.0 Å². The summed E-state index contributed by atoms with van der Waals surface area (Å²) < 4.78 is 11.0. The molecular formula is C43H80N2O6S. The fraction of sp³-hybridized carbons (Fsp3) is 0.930. The second-order valence-corrected chi connectivity index (χ2v) is 17.0. The van der Waals surface area contributed by atoms with Crippen molar-refractivity contribution in [1.29, 1.82) is 0 Å². The van der Waals surface area contributed by atoms with Crippen molar-refractivity contribution in [3.05, 3.63) is 0 Å². The highest BCUT2D eigenvalue weighted by Gasteiger charge is 2.21. The quantitative estimate of drug-likeness (QED) is 0.0402. The molecule has 2 fully saturated rings. The minimum atomic E-state index is -0.894. The molecule has 0 heterocycles. The van der Waals surface area contributed by atoms with Gasteiger partial charge >= 0.3 is 18.2 Å². The van der Waals surface area contributed by atoms with E-state index in [1.54, 1.807) is 0 Å². The number of carbonyl (C=O) groups excluding carboxylic acids is 2. The molecule has 8 nitrogen and oxygen atoms in total. The molecular weight excluding hydrogens is 673 g/mol. The number of carboxylic acids is 1. The first kappa shape index (κ1) is 46.5. The van der Waals surface area contributed by atoms with Crippen LogP contribution in [0, 0.1) is 11.8 Å². The normalized spacial score (nSPS) is 16.6. The Morgan fingerprint density at radius 2 is 0.981 bits per heavy atom. The van der Waals surface area contributed by atoms with Gasteiger partial charge in [-0.1, -0.05) is 180 Å². The second-order valence-electron chi connectivity index (χ2n) is 16.3. The Morgan fingerprint density at radius 3 is 1.42 bits per heavy atom. The van der Waals surface area contributed by atoms with Crippen LogP contribution in [0.2, 0.25) is 0 Å². The van der Waals surface area contributed by atoms with E-state index < -0.39 is 24.3 Å². The van der Waals surface area contributed by atoms with Gasteiger partial charge in [0.05, 0.1) is 0 Å². The fourth-order valence-corrected chi connectivity index (χ4v) is 8.56. The van der Waals surface area contributed by atoms with Crippen molar-refractivity contribution >= 4 is 30.8 Å². The summed E-state index contributed by atoms with van der Waals surface area (Å²) >= 11 is 4.50. The van der Waals surface area contributed by atoms with Crippen LogP contribution in [0.5, 0.6) is 0 Å². The molecule has 0 saturated heterocycles. The number of hydrogen-bond acceptors (Lipinski definition) is 6. The zero-order valence-electron chi connectivity index (χ0n) is 33.2. The van der Waals surface area contributed by atoms with Gasteiger partial charge in [-0.2, -0.15) is 12.6 Å². The van der Waals surface area contributed by atoms with Crippen LogP contribution < -0.4 is 10.6 Å². The van der Waals surface area contributed by atoms with E-state index in [1.165, 1.54) is 167 Å². The van der Waals surface area contributed by atoms with E-state index in [9.17, 15) is 14.4 Å². The van der Waals surface area contributed by atoms with Crippen LogP contribution in [0.4, 0.5) is 9.59 Å². The minimum Gasteiger partial charge on any atom is -0.481 e. The van der Waals surface area contributed by atoms with Gasteiger partial charge < -0.3 is 25.2 Å². The Hall–Kier alpha value is -1.64. The first-order chi connectivity index (χ1) is 25.4.